The molecule has 3 nitrogen and oxygen atoms in total. The van der Waals surface area contributed by atoms with Gasteiger partial charge in [-0.3, -0.25) is 4.79 Å². The van der Waals surface area contributed by atoms with Crippen LogP contribution in [0.25, 0.3) is 0 Å². The van der Waals surface area contributed by atoms with Crippen LogP contribution in [0.5, 0.6) is 5.75 Å². The molecule has 0 saturated heterocycles. The maximum absolute atomic E-state index is 13.4. The van der Waals surface area contributed by atoms with E-state index < -0.39 is 17.5 Å². The highest BCUT2D eigenvalue weighted by atomic mass is 79.9. The lowest BCUT2D eigenvalue weighted by molar-refractivity contribution is -0.118. The molecule has 0 unspecified atom stereocenters. The van der Waals surface area contributed by atoms with E-state index in [9.17, 15) is 13.6 Å². The largest absolute Gasteiger partial charge is 0.481 e. The average molecular weight is 342 g/mol. The maximum Gasteiger partial charge on any atom is 0.262 e. The first-order valence-corrected chi connectivity index (χ1v) is 6.47. The van der Waals surface area contributed by atoms with Crippen molar-refractivity contribution in [2.75, 3.05) is 11.9 Å². The molecule has 2 aromatic rings. The Hall–Kier alpha value is -1.95. The molecule has 6 heteroatoms. The van der Waals surface area contributed by atoms with Crippen molar-refractivity contribution in [3.8, 4) is 5.75 Å². The zero-order valence-corrected chi connectivity index (χ0v) is 11.8. The van der Waals surface area contributed by atoms with E-state index in [1.807, 2.05) is 0 Å². The van der Waals surface area contributed by atoms with Crippen molar-refractivity contribution in [3.05, 3.63) is 58.6 Å². The third-order valence-corrected chi connectivity index (χ3v) is 2.85. The lowest BCUT2D eigenvalue weighted by Crippen LogP contribution is -2.20. The molecule has 20 heavy (non-hydrogen) atoms. The van der Waals surface area contributed by atoms with Crippen LogP contribution in [0.4, 0.5) is 14.5 Å². The molecular formula is C14H10BrF2NO2. The molecule has 0 fully saturated rings. The summed E-state index contributed by atoms with van der Waals surface area (Å²) >= 11 is 3.12. The fourth-order valence-corrected chi connectivity index (χ4v) is 1.83. The second-order valence-corrected chi connectivity index (χ2v) is 4.84. The van der Waals surface area contributed by atoms with Crippen LogP contribution in [0.1, 0.15) is 0 Å². The summed E-state index contributed by atoms with van der Waals surface area (Å²) in [4.78, 5) is 11.6. The Morgan fingerprint density at radius 1 is 1.20 bits per heavy atom. The lowest BCUT2D eigenvalue weighted by atomic mass is 10.3. The van der Waals surface area contributed by atoms with Crippen molar-refractivity contribution in [2.24, 2.45) is 0 Å². The van der Waals surface area contributed by atoms with Crippen molar-refractivity contribution >= 4 is 27.5 Å². The molecule has 0 radical (unpaired) electrons. The quantitative estimate of drug-likeness (QED) is 0.919. The first-order chi connectivity index (χ1) is 9.54. The first kappa shape index (κ1) is 14.5. The van der Waals surface area contributed by atoms with E-state index in [2.05, 4.69) is 21.2 Å². The fourth-order valence-electron chi connectivity index (χ4n) is 1.50. The average Bonchev–Trinajstić information content (AvgIpc) is 2.37. The molecule has 1 N–H and O–H groups in total. The summed E-state index contributed by atoms with van der Waals surface area (Å²) in [6.07, 6.45) is 0. The molecule has 2 aromatic carbocycles. The van der Waals surface area contributed by atoms with Gasteiger partial charge in [0, 0.05) is 10.2 Å². The molecule has 0 aliphatic rings. The standard InChI is InChI=1S/C14H10BrF2NO2/c15-9-4-5-13(12(17)6-9)20-8-14(19)18-11-3-1-2-10(16)7-11/h1-7H,8H2,(H,18,19). The van der Waals surface area contributed by atoms with E-state index in [-0.39, 0.29) is 12.4 Å². The maximum atomic E-state index is 13.4. The third kappa shape index (κ3) is 4.03. The number of carbonyl (C=O) groups is 1. The van der Waals surface area contributed by atoms with E-state index in [1.165, 1.54) is 30.3 Å². The third-order valence-electron chi connectivity index (χ3n) is 2.36. The predicted octanol–water partition coefficient (Wildman–Crippen LogP) is 3.74. The Morgan fingerprint density at radius 3 is 2.70 bits per heavy atom. The second kappa shape index (κ2) is 6.47. The number of benzene rings is 2. The van der Waals surface area contributed by atoms with E-state index in [4.69, 9.17) is 4.74 Å². The topological polar surface area (TPSA) is 38.3 Å². The molecule has 1 amide bonds. The van der Waals surface area contributed by atoms with E-state index >= 15 is 0 Å². The van der Waals surface area contributed by atoms with Gasteiger partial charge in [-0.25, -0.2) is 8.78 Å². The van der Waals surface area contributed by atoms with Gasteiger partial charge in [0.1, 0.15) is 5.82 Å². The van der Waals surface area contributed by atoms with Gasteiger partial charge in [0.05, 0.1) is 0 Å². The van der Waals surface area contributed by atoms with Gasteiger partial charge in [0.2, 0.25) is 0 Å². The van der Waals surface area contributed by atoms with Crippen molar-refractivity contribution in [1.29, 1.82) is 0 Å². The summed E-state index contributed by atoms with van der Waals surface area (Å²) < 4.78 is 32.0. The van der Waals surface area contributed by atoms with Gasteiger partial charge < -0.3 is 10.1 Å². The summed E-state index contributed by atoms with van der Waals surface area (Å²) in [6.45, 7) is -0.366. The first-order valence-electron chi connectivity index (χ1n) is 5.68. The number of hydrogen-bond donors (Lipinski definition) is 1. The monoisotopic (exact) mass is 341 g/mol. The summed E-state index contributed by atoms with van der Waals surface area (Å²) in [5.41, 5.74) is 0.315. The number of hydrogen-bond acceptors (Lipinski definition) is 2. The number of amides is 1. The number of anilines is 1. The van der Waals surface area contributed by atoms with Crippen LogP contribution in [0.3, 0.4) is 0 Å². The summed E-state index contributed by atoms with van der Waals surface area (Å²) in [5.74, 6) is -1.55. The smallest absolute Gasteiger partial charge is 0.262 e. The highest BCUT2D eigenvalue weighted by Gasteiger charge is 2.08. The van der Waals surface area contributed by atoms with E-state index in [0.717, 1.165) is 0 Å². The molecule has 104 valence electrons. The summed E-state index contributed by atoms with van der Waals surface area (Å²) in [5, 5.41) is 2.45. The minimum Gasteiger partial charge on any atom is -0.481 e. The van der Waals surface area contributed by atoms with Crippen molar-refractivity contribution in [3.63, 3.8) is 0 Å². The van der Waals surface area contributed by atoms with Crippen molar-refractivity contribution < 1.29 is 18.3 Å². The van der Waals surface area contributed by atoms with Gasteiger partial charge in [-0.05, 0) is 36.4 Å². The Labute approximate surface area is 122 Å². The Morgan fingerprint density at radius 2 is 2.00 bits per heavy atom. The van der Waals surface area contributed by atoms with Gasteiger partial charge in [-0.1, -0.05) is 22.0 Å². The number of carbonyl (C=O) groups excluding carboxylic acids is 1. The molecular weight excluding hydrogens is 332 g/mol. The van der Waals surface area contributed by atoms with Crippen LogP contribution >= 0.6 is 15.9 Å². The highest BCUT2D eigenvalue weighted by molar-refractivity contribution is 9.10. The zero-order valence-electron chi connectivity index (χ0n) is 10.2. The van der Waals surface area contributed by atoms with Crippen LogP contribution in [0.15, 0.2) is 46.9 Å². The number of nitrogens with one attached hydrogen (secondary N) is 1. The van der Waals surface area contributed by atoms with Crippen LogP contribution < -0.4 is 10.1 Å². The normalized spacial score (nSPS) is 10.2. The minimum atomic E-state index is -0.571. The van der Waals surface area contributed by atoms with E-state index in [0.29, 0.717) is 10.2 Å². The number of rotatable bonds is 4. The van der Waals surface area contributed by atoms with Gasteiger partial charge >= 0.3 is 0 Å². The van der Waals surface area contributed by atoms with Crippen LogP contribution in [0.2, 0.25) is 0 Å². The molecule has 0 atom stereocenters. The minimum absolute atomic E-state index is 0.0254. The van der Waals surface area contributed by atoms with Crippen LogP contribution in [-0.2, 0) is 4.79 Å². The van der Waals surface area contributed by atoms with Crippen molar-refractivity contribution in [1.82, 2.24) is 0 Å². The lowest BCUT2D eigenvalue weighted by Gasteiger charge is -2.08. The second-order valence-electron chi connectivity index (χ2n) is 3.92. The molecule has 0 spiro atoms. The van der Waals surface area contributed by atoms with E-state index in [1.54, 1.807) is 12.1 Å². The number of ether oxygens (including phenoxy) is 1. The summed E-state index contributed by atoms with van der Waals surface area (Å²) in [7, 11) is 0. The van der Waals surface area contributed by atoms with Gasteiger partial charge in [-0.2, -0.15) is 0 Å². The van der Waals surface area contributed by atoms with Crippen LogP contribution in [-0.4, -0.2) is 12.5 Å². The highest BCUT2D eigenvalue weighted by Crippen LogP contribution is 2.21. The Balaban J connectivity index is 1.92. The molecule has 0 heterocycles. The molecule has 0 bridgehead atoms. The fraction of sp³-hybridized carbons (Fsp3) is 0.0714. The van der Waals surface area contributed by atoms with Gasteiger partial charge in [0.15, 0.2) is 18.2 Å². The zero-order chi connectivity index (χ0) is 14.5. The van der Waals surface area contributed by atoms with Gasteiger partial charge in [-0.15, -0.1) is 0 Å². The molecule has 0 aliphatic carbocycles. The Bertz CT molecular complexity index is 634. The molecule has 0 saturated carbocycles. The summed E-state index contributed by atoms with van der Waals surface area (Å²) in [6, 6.07) is 9.71. The Kier molecular flexibility index (Phi) is 4.68. The molecule has 2 rings (SSSR count). The molecule has 0 aliphatic heterocycles. The number of halogens is 3. The molecule has 0 aromatic heterocycles. The van der Waals surface area contributed by atoms with Crippen LogP contribution in [0, 0.1) is 11.6 Å². The predicted molar refractivity (Wildman–Crippen MR) is 74.6 cm³/mol. The SMILES string of the molecule is O=C(COc1ccc(Br)cc1F)Nc1cccc(F)c1. The van der Waals surface area contributed by atoms with Gasteiger partial charge in [0.25, 0.3) is 5.91 Å². The van der Waals surface area contributed by atoms with Crippen molar-refractivity contribution in [2.45, 2.75) is 0 Å².